The summed E-state index contributed by atoms with van der Waals surface area (Å²) < 4.78 is 5.71. The summed E-state index contributed by atoms with van der Waals surface area (Å²) in [4.78, 5) is 30.1. The van der Waals surface area contributed by atoms with E-state index < -0.39 is 0 Å². The van der Waals surface area contributed by atoms with Crippen molar-refractivity contribution in [2.45, 2.75) is 0 Å². The highest BCUT2D eigenvalue weighted by molar-refractivity contribution is 6.13. The maximum Gasteiger partial charge on any atom is 0.256 e. The Morgan fingerprint density at radius 1 is 0.844 bits per heavy atom. The van der Waals surface area contributed by atoms with Gasteiger partial charge < -0.3 is 10.1 Å². The Balaban J connectivity index is 1.47. The van der Waals surface area contributed by atoms with E-state index in [4.69, 9.17) is 9.72 Å². The van der Waals surface area contributed by atoms with E-state index in [1.807, 2.05) is 36.4 Å². The molecule has 3 aromatic heterocycles. The first-order valence-corrected chi connectivity index (χ1v) is 9.92. The molecule has 1 N–H and O–H groups in total. The number of nitrogens with one attached hydrogen (secondary N) is 1. The van der Waals surface area contributed by atoms with Crippen molar-refractivity contribution in [3.8, 4) is 22.9 Å². The third-order valence-corrected chi connectivity index (χ3v) is 4.79. The van der Waals surface area contributed by atoms with Gasteiger partial charge in [0, 0.05) is 47.5 Å². The zero-order valence-corrected chi connectivity index (χ0v) is 16.8. The zero-order chi connectivity index (χ0) is 21.8. The van der Waals surface area contributed by atoms with E-state index in [1.54, 1.807) is 55.1 Å². The molecule has 32 heavy (non-hydrogen) atoms. The molecule has 0 atom stereocenters. The number of anilines is 1. The van der Waals surface area contributed by atoms with E-state index in [0.717, 1.165) is 16.5 Å². The first-order valence-electron chi connectivity index (χ1n) is 9.92. The molecule has 0 saturated carbocycles. The van der Waals surface area contributed by atoms with E-state index >= 15 is 0 Å². The molecule has 0 aliphatic carbocycles. The number of ether oxygens (including phenoxy) is 1. The van der Waals surface area contributed by atoms with Crippen LogP contribution in [0.5, 0.6) is 11.6 Å². The average molecular weight is 419 g/mol. The van der Waals surface area contributed by atoms with Crippen LogP contribution in [-0.4, -0.2) is 25.8 Å². The molecule has 0 radical (unpaired) electrons. The monoisotopic (exact) mass is 419 g/mol. The Hall–Kier alpha value is -4.65. The number of nitrogens with zero attached hydrogens (tertiary/aromatic N) is 4. The molecule has 0 bridgehead atoms. The summed E-state index contributed by atoms with van der Waals surface area (Å²) in [6.07, 6.45) is 8.05. The van der Waals surface area contributed by atoms with E-state index in [1.165, 1.54) is 6.20 Å². The summed E-state index contributed by atoms with van der Waals surface area (Å²) in [7, 11) is 0. The van der Waals surface area contributed by atoms with Gasteiger partial charge in [0.15, 0.2) is 0 Å². The Kier molecular flexibility index (Phi) is 5.20. The van der Waals surface area contributed by atoms with Crippen molar-refractivity contribution in [1.29, 1.82) is 0 Å². The summed E-state index contributed by atoms with van der Waals surface area (Å²) >= 11 is 0. The smallest absolute Gasteiger partial charge is 0.256 e. The highest BCUT2D eigenvalue weighted by atomic mass is 16.5. The Labute approximate surface area is 183 Å². The molecule has 5 aromatic rings. The van der Waals surface area contributed by atoms with Crippen LogP contribution in [-0.2, 0) is 0 Å². The zero-order valence-electron chi connectivity index (χ0n) is 16.8. The molecule has 1 amide bonds. The van der Waals surface area contributed by atoms with E-state index in [0.29, 0.717) is 28.6 Å². The van der Waals surface area contributed by atoms with E-state index in [2.05, 4.69) is 20.3 Å². The van der Waals surface area contributed by atoms with Crippen LogP contribution in [0.4, 0.5) is 5.69 Å². The molecule has 2 aromatic carbocycles. The van der Waals surface area contributed by atoms with Crippen LogP contribution < -0.4 is 10.1 Å². The summed E-state index contributed by atoms with van der Waals surface area (Å²) in [6.45, 7) is 0. The quantitative estimate of drug-likeness (QED) is 0.425. The molecule has 7 nitrogen and oxygen atoms in total. The fourth-order valence-electron chi connectivity index (χ4n) is 3.33. The van der Waals surface area contributed by atoms with Gasteiger partial charge in [0.1, 0.15) is 5.75 Å². The van der Waals surface area contributed by atoms with Crippen LogP contribution >= 0.6 is 0 Å². The predicted octanol–water partition coefficient (Wildman–Crippen LogP) is 5.13. The lowest BCUT2D eigenvalue weighted by atomic mass is 10.0. The second kappa shape index (κ2) is 8.61. The number of benzene rings is 2. The van der Waals surface area contributed by atoms with Crippen LogP contribution in [0.3, 0.4) is 0 Å². The number of pyridine rings is 2. The predicted molar refractivity (Wildman–Crippen MR) is 121 cm³/mol. The van der Waals surface area contributed by atoms with Crippen LogP contribution in [0.15, 0.2) is 97.7 Å². The van der Waals surface area contributed by atoms with Gasteiger partial charge in [-0.05, 0) is 36.4 Å². The minimum absolute atomic E-state index is 0.240. The minimum Gasteiger partial charge on any atom is -0.437 e. The first kappa shape index (κ1) is 19.3. The third-order valence-electron chi connectivity index (χ3n) is 4.79. The molecule has 0 saturated heterocycles. The molecule has 0 aliphatic heterocycles. The van der Waals surface area contributed by atoms with Crippen molar-refractivity contribution < 1.29 is 9.53 Å². The lowest BCUT2D eigenvalue weighted by Crippen LogP contribution is -2.13. The van der Waals surface area contributed by atoms with Crippen molar-refractivity contribution in [2.24, 2.45) is 0 Å². The summed E-state index contributed by atoms with van der Waals surface area (Å²) in [6, 6.07) is 20.2. The number of hydrogen-bond acceptors (Lipinski definition) is 6. The largest absolute Gasteiger partial charge is 0.437 e. The van der Waals surface area contributed by atoms with Crippen molar-refractivity contribution >= 4 is 22.5 Å². The number of rotatable bonds is 5. The number of carbonyl (C=O) groups is 1. The second-order valence-electron chi connectivity index (χ2n) is 6.94. The molecule has 0 unspecified atom stereocenters. The lowest BCUT2D eigenvalue weighted by molar-refractivity contribution is 0.102. The minimum atomic E-state index is -0.240. The number of hydrogen-bond donors (Lipinski definition) is 1. The van der Waals surface area contributed by atoms with Gasteiger partial charge in [-0.2, -0.15) is 0 Å². The van der Waals surface area contributed by atoms with Gasteiger partial charge in [-0.15, -0.1) is 0 Å². The maximum absolute atomic E-state index is 13.3. The first-order chi connectivity index (χ1) is 15.8. The lowest BCUT2D eigenvalue weighted by Gasteiger charge is -2.11. The number of amides is 1. The van der Waals surface area contributed by atoms with E-state index in [9.17, 15) is 4.79 Å². The number of fused-ring (bicyclic) bond motifs is 1. The number of carbonyl (C=O) groups excluding carboxylic acids is 1. The van der Waals surface area contributed by atoms with Gasteiger partial charge in [-0.3, -0.25) is 14.8 Å². The molecular formula is C25H17N5O2. The Bertz CT molecular complexity index is 1390. The molecule has 154 valence electrons. The van der Waals surface area contributed by atoms with Crippen molar-refractivity contribution in [3.05, 3.63) is 103 Å². The van der Waals surface area contributed by atoms with Crippen molar-refractivity contribution in [2.75, 3.05) is 5.32 Å². The highest BCUT2D eigenvalue weighted by Crippen LogP contribution is 2.27. The topological polar surface area (TPSA) is 89.9 Å². The van der Waals surface area contributed by atoms with Gasteiger partial charge in [-0.1, -0.05) is 24.3 Å². The Morgan fingerprint density at radius 2 is 1.72 bits per heavy atom. The summed E-state index contributed by atoms with van der Waals surface area (Å²) in [5.74, 6) is 0.675. The van der Waals surface area contributed by atoms with Gasteiger partial charge in [0.05, 0.1) is 23.0 Å². The summed E-state index contributed by atoms with van der Waals surface area (Å²) in [5.41, 5.74) is 3.47. The normalized spacial score (nSPS) is 10.6. The van der Waals surface area contributed by atoms with Crippen LogP contribution in [0.25, 0.3) is 22.2 Å². The molecule has 3 heterocycles. The fraction of sp³-hybridized carbons (Fsp3) is 0. The average Bonchev–Trinajstić information content (AvgIpc) is 2.85. The molecule has 0 fully saturated rings. The number of para-hydroxylation sites is 1. The molecule has 0 spiro atoms. The Morgan fingerprint density at radius 3 is 2.56 bits per heavy atom. The van der Waals surface area contributed by atoms with Gasteiger partial charge in [0.25, 0.3) is 5.91 Å². The molecule has 0 aliphatic rings. The van der Waals surface area contributed by atoms with Crippen molar-refractivity contribution in [3.63, 3.8) is 0 Å². The highest BCUT2D eigenvalue weighted by Gasteiger charge is 2.14. The summed E-state index contributed by atoms with van der Waals surface area (Å²) in [5, 5.41) is 3.73. The van der Waals surface area contributed by atoms with Gasteiger partial charge in [-0.25, -0.2) is 9.97 Å². The third kappa shape index (κ3) is 4.13. The van der Waals surface area contributed by atoms with E-state index in [-0.39, 0.29) is 5.91 Å². The van der Waals surface area contributed by atoms with Crippen LogP contribution in [0, 0.1) is 0 Å². The van der Waals surface area contributed by atoms with Gasteiger partial charge in [0.2, 0.25) is 5.88 Å². The van der Waals surface area contributed by atoms with Crippen molar-refractivity contribution in [1.82, 2.24) is 19.9 Å². The fourth-order valence-corrected chi connectivity index (χ4v) is 3.33. The SMILES string of the molecule is O=C(Nc1cccc(Oc2cnccn2)c1)c1cc(-c2ccncc2)nc2ccccc12. The maximum atomic E-state index is 13.3. The van der Waals surface area contributed by atoms with Gasteiger partial charge >= 0.3 is 0 Å². The molecule has 5 rings (SSSR count). The molecule has 7 heteroatoms. The number of aromatic nitrogens is 4. The standard InChI is InChI=1S/C25H17N5O2/c31-25(29-18-4-3-5-19(14-18)32-24-16-27-12-13-28-24)21-15-23(17-8-10-26-11-9-17)30-22-7-2-1-6-20(21)22/h1-16H,(H,29,31). The van der Waals surface area contributed by atoms with Crippen LogP contribution in [0.1, 0.15) is 10.4 Å². The molecular weight excluding hydrogens is 402 g/mol. The second-order valence-corrected chi connectivity index (χ2v) is 6.94. The van der Waals surface area contributed by atoms with Crippen LogP contribution in [0.2, 0.25) is 0 Å².